The second-order valence-electron chi connectivity index (χ2n) is 4.94. The van der Waals surface area contributed by atoms with Gasteiger partial charge in [-0.2, -0.15) is 0 Å². The fourth-order valence-corrected chi connectivity index (χ4v) is 2.20. The van der Waals surface area contributed by atoms with Crippen molar-refractivity contribution < 1.29 is 14.3 Å². The maximum atomic E-state index is 12.4. The van der Waals surface area contributed by atoms with Crippen LogP contribution in [0.1, 0.15) is 22.8 Å². The van der Waals surface area contributed by atoms with Crippen LogP contribution in [0.2, 0.25) is 5.02 Å². The predicted molar refractivity (Wildman–Crippen MR) is 92.6 cm³/mol. The maximum Gasteiger partial charge on any atom is 0.255 e. The summed E-state index contributed by atoms with van der Waals surface area (Å²) in [6.07, 6.45) is 0. The van der Waals surface area contributed by atoms with Crippen molar-refractivity contribution in [2.45, 2.75) is 13.8 Å². The number of halogens is 1. The molecule has 5 heteroatoms. The van der Waals surface area contributed by atoms with Crippen LogP contribution in [0.5, 0.6) is 5.75 Å². The third kappa shape index (κ3) is 4.98. The molecule has 0 aliphatic rings. The first kappa shape index (κ1) is 17.3. The average Bonchev–Trinajstić information content (AvgIpc) is 2.56. The van der Waals surface area contributed by atoms with Crippen LogP contribution in [0, 0.1) is 6.92 Å². The summed E-state index contributed by atoms with van der Waals surface area (Å²) in [6.45, 7) is 5.43. The van der Waals surface area contributed by atoms with E-state index in [-0.39, 0.29) is 5.91 Å². The van der Waals surface area contributed by atoms with Gasteiger partial charge < -0.3 is 14.8 Å². The van der Waals surface area contributed by atoms with E-state index in [4.69, 9.17) is 21.1 Å². The van der Waals surface area contributed by atoms with E-state index in [9.17, 15) is 4.79 Å². The minimum Gasteiger partial charge on any atom is -0.491 e. The van der Waals surface area contributed by atoms with Crippen LogP contribution in [0.3, 0.4) is 0 Å². The van der Waals surface area contributed by atoms with Gasteiger partial charge in [0.15, 0.2) is 0 Å². The SMILES string of the molecule is CCOCCOc1cccc(C(=O)Nc2cccc(Cl)c2C)c1. The number of carbonyl (C=O) groups excluding carboxylic acids is 1. The van der Waals surface area contributed by atoms with E-state index in [1.807, 2.05) is 26.0 Å². The van der Waals surface area contributed by atoms with Crippen LogP contribution in [-0.2, 0) is 4.74 Å². The van der Waals surface area contributed by atoms with Crippen molar-refractivity contribution in [3.05, 3.63) is 58.6 Å². The Labute approximate surface area is 141 Å². The number of hydrogen-bond donors (Lipinski definition) is 1. The lowest BCUT2D eigenvalue weighted by Crippen LogP contribution is -2.13. The van der Waals surface area contributed by atoms with E-state index in [0.29, 0.717) is 41.8 Å². The Bertz CT molecular complexity index is 673. The van der Waals surface area contributed by atoms with E-state index in [1.54, 1.807) is 30.3 Å². The summed E-state index contributed by atoms with van der Waals surface area (Å²) in [4.78, 5) is 12.4. The largest absolute Gasteiger partial charge is 0.491 e. The van der Waals surface area contributed by atoms with E-state index >= 15 is 0 Å². The Morgan fingerprint density at radius 3 is 2.74 bits per heavy atom. The Hall–Kier alpha value is -2.04. The summed E-state index contributed by atoms with van der Waals surface area (Å²) in [7, 11) is 0. The smallest absolute Gasteiger partial charge is 0.255 e. The molecular weight excluding hydrogens is 314 g/mol. The minimum atomic E-state index is -0.203. The second kappa shape index (κ2) is 8.56. The van der Waals surface area contributed by atoms with Gasteiger partial charge in [0.05, 0.1) is 6.61 Å². The summed E-state index contributed by atoms with van der Waals surface area (Å²) < 4.78 is 10.8. The molecule has 0 bridgehead atoms. The maximum absolute atomic E-state index is 12.4. The minimum absolute atomic E-state index is 0.203. The Balaban J connectivity index is 2.03. The van der Waals surface area contributed by atoms with Gasteiger partial charge in [-0.3, -0.25) is 4.79 Å². The standard InChI is InChI=1S/C18H20ClNO3/c1-3-22-10-11-23-15-7-4-6-14(12-15)18(21)20-17-9-5-8-16(19)13(17)2/h4-9,12H,3,10-11H2,1-2H3,(H,20,21). The molecule has 122 valence electrons. The van der Waals surface area contributed by atoms with Crippen LogP contribution in [0.25, 0.3) is 0 Å². The summed E-state index contributed by atoms with van der Waals surface area (Å²) in [5, 5.41) is 3.49. The third-order valence-corrected chi connectivity index (χ3v) is 3.72. The van der Waals surface area contributed by atoms with Crippen LogP contribution in [0.4, 0.5) is 5.69 Å². The van der Waals surface area contributed by atoms with Gasteiger partial charge in [0.25, 0.3) is 5.91 Å². The number of ether oxygens (including phenoxy) is 2. The molecule has 0 spiro atoms. The number of anilines is 1. The molecule has 4 nitrogen and oxygen atoms in total. The molecule has 2 aromatic carbocycles. The van der Waals surface area contributed by atoms with Crippen molar-refractivity contribution in [3.8, 4) is 5.75 Å². The summed E-state index contributed by atoms with van der Waals surface area (Å²) in [5.41, 5.74) is 2.06. The van der Waals surface area contributed by atoms with Gasteiger partial charge >= 0.3 is 0 Å². The molecule has 0 unspecified atom stereocenters. The highest BCUT2D eigenvalue weighted by atomic mass is 35.5. The number of nitrogens with one attached hydrogen (secondary N) is 1. The number of carbonyl (C=O) groups is 1. The molecule has 1 N–H and O–H groups in total. The molecule has 0 aliphatic carbocycles. The summed E-state index contributed by atoms with van der Waals surface area (Å²) in [6, 6.07) is 12.5. The highest BCUT2D eigenvalue weighted by molar-refractivity contribution is 6.31. The van der Waals surface area contributed by atoms with Crippen LogP contribution < -0.4 is 10.1 Å². The summed E-state index contributed by atoms with van der Waals surface area (Å²) in [5.74, 6) is 0.436. The van der Waals surface area contributed by atoms with E-state index in [1.165, 1.54) is 0 Å². The third-order valence-electron chi connectivity index (χ3n) is 3.31. The molecule has 2 aromatic rings. The molecule has 0 atom stereocenters. The first-order valence-electron chi connectivity index (χ1n) is 7.49. The number of benzene rings is 2. The van der Waals surface area contributed by atoms with Crippen molar-refractivity contribution in [1.29, 1.82) is 0 Å². The Morgan fingerprint density at radius 2 is 1.96 bits per heavy atom. The van der Waals surface area contributed by atoms with Crippen LogP contribution in [0.15, 0.2) is 42.5 Å². The molecule has 0 aliphatic heterocycles. The molecule has 0 radical (unpaired) electrons. The normalized spacial score (nSPS) is 10.4. The average molecular weight is 334 g/mol. The zero-order chi connectivity index (χ0) is 16.7. The highest BCUT2D eigenvalue weighted by Crippen LogP contribution is 2.24. The van der Waals surface area contributed by atoms with Crippen molar-refractivity contribution in [1.82, 2.24) is 0 Å². The molecule has 23 heavy (non-hydrogen) atoms. The lowest BCUT2D eigenvalue weighted by atomic mass is 10.1. The van der Waals surface area contributed by atoms with Crippen molar-refractivity contribution >= 4 is 23.2 Å². The van der Waals surface area contributed by atoms with Gasteiger partial charge in [0.2, 0.25) is 0 Å². The van der Waals surface area contributed by atoms with Crippen molar-refractivity contribution in [3.63, 3.8) is 0 Å². The second-order valence-corrected chi connectivity index (χ2v) is 5.35. The fourth-order valence-electron chi connectivity index (χ4n) is 2.03. The summed E-state index contributed by atoms with van der Waals surface area (Å²) >= 11 is 6.07. The van der Waals surface area contributed by atoms with Gasteiger partial charge in [-0.1, -0.05) is 23.7 Å². The topological polar surface area (TPSA) is 47.6 Å². The number of amides is 1. The number of hydrogen-bond acceptors (Lipinski definition) is 3. The fraction of sp³-hybridized carbons (Fsp3) is 0.278. The van der Waals surface area contributed by atoms with Crippen molar-refractivity contribution in [2.24, 2.45) is 0 Å². The predicted octanol–water partition coefficient (Wildman–Crippen LogP) is 4.32. The molecule has 0 saturated heterocycles. The molecule has 0 aromatic heterocycles. The number of rotatable bonds is 7. The van der Waals surface area contributed by atoms with E-state index in [2.05, 4.69) is 5.32 Å². The van der Waals surface area contributed by atoms with E-state index < -0.39 is 0 Å². The van der Waals surface area contributed by atoms with Gasteiger partial charge in [0, 0.05) is 22.9 Å². The monoisotopic (exact) mass is 333 g/mol. The first-order valence-corrected chi connectivity index (χ1v) is 7.86. The molecule has 1 amide bonds. The lowest BCUT2D eigenvalue weighted by molar-refractivity contribution is 0.102. The quantitative estimate of drug-likeness (QED) is 0.768. The van der Waals surface area contributed by atoms with Crippen molar-refractivity contribution in [2.75, 3.05) is 25.1 Å². The molecule has 0 saturated carbocycles. The van der Waals surface area contributed by atoms with Gasteiger partial charge in [0.1, 0.15) is 12.4 Å². The zero-order valence-corrected chi connectivity index (χ0v) is 14.0. The van der Waals surface area contributed by atoms with Crippen LogP contribution >= 0.6 is 11.6 Å². The molecular formula is C18H20ClNO3. The molecule has 0 heterocycles. The van der Waals surface area contributed by atoms with Gasteiger partial charge in [-0.25, -0.2) is 0 Å². The zero-order valence-electron chi connectivity index (χ0n) is 13.3. The highest BCUT2D eigenvalue weighted by Gasteiger charge is 2.10. The molecule has 2 rings (SSSR count). The Morgan fingerprint density at radius 1 is 1.17 bits per heavy atom. The van der Waals surface area contributed by atoms with Crippen LogP contribution in [-0.4, -0.2) is 25.7 Å². The van der Waals surface area contributed by atoms with E-state index in [0.717, 1.165) is 5.56 Å². The first-order chi connectivity index (χ1) is 11.1. The lowest BCUT2D eigenvalue weighted by Gasteiger charge is -2.11. The van der Waals surface area contributed by atoms with Gasteiger partial charge in [-0.15, -0.1) is 0 Å². The Kier molecular flexibility index (Phi) is 6.44. The van der Waals surface area contributed by atoms with Gasteiger partial charge in [-0.05, 0) is 49.7 Å². The molecule has 0 fully saturated rings.